The van der Waals surface area contributed by atoms with Crippen LogP contribution in [-0.4, -0.2) is 33.4 Å². The van der Waals surface area contributed by atoms with Crippen LogP contribution in [0.3, 0.4) is 0 Å². The van der Waals surface area contributed by atoms with E-state index in [1.165, 1.54) is 0 Å². The van der Waals surface area contributed by atoms with Crippen LogP contribution in [0, 0.1) is 24.2 Å². The lowest BCUT2D eigenvalue weighted by Crippen LogP contribution is -2.34. The van der Waals surface area contributed by atoms with Crippen molar-refractivity contribution in [1.29, 1.82) is 0 Å². The van der Waals surface area contributed by atoms with Crippen LogP contribution in [-0.2, 0) is 11.2 Å². The Kier molecular flexibility index (Phi) is 3.41. The van der Waals surface area contributed by atoms with Gasteiger partial charge in [0, 0.05) is 13.1 Å². The first kappa shape index (κ1) is 13.8. The highest BCUT2D eigenvalue weighted by Gasteiger charge is 2.62. The molecule has 0 N–H and O–H groups in total. The van der Waals surface area contributed by atoms with Crippen LogP contribution >= 0.6 is 28.4 Å². The Balaban J connectivity index is 1.64. The Bertz CT molecular complexity index is 514. The van der Waals surface area contributed by atoms with E-state index in [2.05, 4.69) is 41.0 Å². The smallest absolute Gasteiger partial charge is 0.228 e. The van der Waals surface area contributed by atoms with Crippen molar-refractivity contribution in [2.75, 3.05) is 13.1 Å². The molecule has 0 radical (unpaired) electrons. The van der Waals surface area contributed by atoms with Crippen LogP contribution in [0.4, 0.5) is 0 Å². The predicted molar refractivity (Wildman–Crippen MR) is 85.7 cm³/mol. The molecule has 3 rings (SSSR count). The number of hydrogen-bond donors (Lipinski definition) is 0. The zero-order chi connectivity index (χ0) is 13.8. The molecule has 3 atom stereocenters. The molecular formula is C13H19IN3OP. The maximum atomic E-state index is 12.4. The van der Waals surface area contributed by atoms with E-state index in [0.29, 0.717) is 18.2 Å². The molecule has 2 heterocycles. The number of halogens is 1. The number of rotatable bonds is 3. The maximum absolute atomic E-state index is 12.4. The second-order valence-corrected chi connectivity index (χ2v) is 8.32. The van der Waals surface area contributed by atoms with Gasteiger partial charge >= 0.3 is 0 Å². The minimum atomic E-state index is 0.263. The van der Waals surface area contributed by atoms with Crippen molar-refractivity contribution < 1.29 is 4.79 Å². The second-order valence-electron chi connectivity index (χ2n) is 6.28. The molecule has 1 saturated carbocycles. The molecule has 1 aromatic heterocycles. The lowest BCUT2D eigenvalue weighted by atomic mass is 10.1. The summed E-state index contributed by atoms with van der Waals surface area (Å²) in [5, 5.41) is 4.41. The Labute approximate surface area is 128 Å². The molecule has 4 nitrogen and oxygen atoms in total. The van der Waals surface area contributed by atoms with Gasteiger partial charge in [-0.15, -0.1) is 0 Å². The number of carbonyl (C=O) groups excluding carboxylic acids is 1. The molecule has 104 valence electrons. The molecule has 2 aliphatic rings. The van der Waals surface area contributed by atoms with E-state index in [9.17, 15) is 4.79 Å². The second kappa shape index (κ2) is 4.69. The van der Waals surface area contributed by atoms with Gasteiger partial charge in [0.15, 0.2) is 0 Å². The van der Waals surface area contributed by atoms with E-state index in [1.54, 1.807) is 0 Å². The monoisotopic (exact) mass is 391 g/mol. The van der Waals surface area contributed by atoms with Gasteiger partial charge in [0.25, 0.3) is 0 Å². The van der Waals surface area contributed by atoms with Crippen LogP contribution in [0.15, 0.2) is 6.07 Å². The van der Waals surface area contributed by atoms with Gasteiger partial charge < -0.3 is 4.90 Å². The fourth-order valence-electron chi connectivity index (χ4n) is 3.35. The van der Waals surface area contributed by atoms with Gasteiger partial charge in [-0.25, -0.2) is 4.45 Å². The number of fused-ring (bicyclic) bond motifs is 1. The van der Waals surface area contributed by atoms with Crippen molar-refractivity contribution in [2.24, 2.45) is 17.3 Å². The first-order valence-corrected chi connectivity index (χ1v) is 10.7. The molecule has 1 aliphatic carbocycles. The van der Waals surface area contributed by atoms with E-state index in [0.717, 1.165) is 36.3 Å². The third-order valence-corrected chi connectivity index (χ3v) is 6.71. The molecule has 19 heavy (non-hydrogen) atoms. The summed E-state index contributed by atoms with van der Waals surface area (Å²) in [5.74, 6) is 1.72. The van der Waals surface area contributed by atoms with Crippen LogP contribution in [0.2, 0.25) is 0 Å². The van der Waals surface area contributed by atoms with E-state index < -0.39 is 0 Å². The molecule has 1 aliphatic heterocycles. The number of amides is 1. The molecule has 0 spiro atoms. The molecule has 0 aromatic carbocycles. The first-order chi connectivity index (χ1) is 8.93. The molecule has 6 heteroatoms. The summed E-state index contributed by atoms with van der Waals surface area (Å²) in [6, 6.07) is 2.03. The highest BCUT2D eigenvalue weighted by Crippen LogP contribution is 2.61. The van der Waals surface area contributed by atoms with Gasteiger partial charge in [-0.05, 0) is 52.3 Å². The molecule has 1 aromatic rings. The summed E-state index contributed by atoms with van der Waals surface area (Å²) in [6.45, 7) is 8.53. The normalized spacial score (nSPS) is 28.1. The van der Waals surface area contributed by atoms with Gasteiger partial charge in [0.1, 0.15) is 0 Å². The first-order valence-electron chi connectivity index (χ1n) is 6.63. The van der Waals surface area contributed by atoms with E-state index in [4.69, 9.17) is 0 Å². The van der Waals surface area contributed by atoms with Crippen LogP contribution in [0.5, 0.6) is 0 Å². The summed E-state index contributed by atoms with van der Waals surface area (Å²) in [4.78, 5) is 14.4. The lowest BCUT2D eigenvalue weighted by Gasteiger charge is -2.22. The number of hydrogen-bond acceptors (Lipinski definition) is 2. The number of aromatic nitrogens is 2. The quantitative estimate of drug-likeness (QED) is 0.587. The topological polar surface area (TPSA) is 38.1 Å². The molecule has 2 fully saturated rings. The van der Waals surface area contributed by atoms with Crippen molar-refractivity contribution >= 4 is 34.3 Å². The molecular weight excluding hydrogens is 372 g/mol. The maximum Gasteiger partial charge on any atom is 0.228 e. The average Bonchev–Trinajstić information content (AvgIpc) is 2.79. The molecule has 1 saturated heterocycles. The summed E-state index contributed by atoms with van der Waals surface area (Å²) in [7, 11) is 0. The minimum Gasteiger partial charge on any atom is -0.342 e. The van der Waals surface area contributed by atoms with Gasteiger partial charge in [0.2, 0.25) is 5.91 Å². The summed E-state index contributed by atoms with van der Waals surface area (Å²) < 4.78 is 1.95. The number of nitrogens with zero attached hydrogens (tertiary/aromatic N) is 3. The van der Waals surface area contributed by atoms with Gasteiger partial charge in [0.05, 0.1) is 24.2 Å². The Morgan fingerprint density at radius 1 is 1.53 bits per heavy atom. The third kappa shape index (κ3) is 2.33. The van der Waals surface area contributed by atoms with Crippen molar-refractivity contribution in [2.45, 2.75) is 27.2 Å². The summed E-state index contributed by atoms with van der Waals surface area (Å²) in [6.07, 6.45) is 1.06. The van der Waals surface area contributed by atoms with E-state index >= 15 is 0 Å². The molecule has 0 bridgehead atoms. The molecule has 3 unspecified atom stereocenters. The van der Waals surface area contributed by atoms with Crippen LogP contribution in [0.1, 0.15) is 25.2 Å². The highest BCUT2D eigenvalue weighted by atomic mass is 127. The number of aryl methyl sites for hydroxylation is 1. The minimum absolute atomic E-state index is 0.263. The lowest BCUT2D eigenvalue weighted by molar-refractivity contribution is -0.130. The van der Waals surface area contributed by atoms with Crippen LogP contribution < -0.4 is 0 Å². The van der Waals surface area contributed by atoms with Crippen molar-refractivity contribution in [3.63, 3.8) is 0 Å². The van der Waals surface area contributed by atoms with Crippen LogP contribution in [0.25, 0.3) is 0 Å². The average molecular weight is 391 g/mol. The van der Waals surface area contributed by atoms with Gasteiger partial charge in [-0.3, -0.25) is 4.79 Å². The third-order valence-electron chi connectivity index (χ3n) is 4.79. The van der Waals surface area contributed by atoms with Crippen molar-refractivity contribution in [3.05, 3.63) is 17.5 Å². The summed E-state index contributed by atoms with van der Waals surface area (Å²) >= 11 is 2.31. The van der Waals surface area contributed by atoms with Crippen molar-refractivity contribution in [3.8, 4) is 0 Å². The van der Waals surface area contributed by atoms with Gasteiger partial charge in [-0.2, -0.15) is 5.10 Å². The zero-order valence-corrected chi connectivity index (χ0v) is 14.6. The molecule has 1 amide bonds. The summed E-state index contributed by atoms with van der Waals surface area (Å²) in [5.41, 5.74) is 2.52. The predicted octanol–water partition coefficient (Wildman–Crippen LogP) is 2.64. The zero-order valence-electron chi connectivity index (χ0n) is 11.5. The van der Waals surface area contributed by atoms with E-state index in [-0.39, 0.29) is 5.91 Å². The number of carbonyl (C=O) groups is 1. The number of piperidine rings is 1. The highest BCUT2D eigenvalue weighted by molar-refractivity contribution is 14.2. The van der Waals surface area contributed by atoms with Crippen molar-refractivity contribution in [1.82, 2.24) is 14.5 Å². The standard InChI is InChI=1S/C13H19IN3OP/c1-8-4-9(17(15-8)19-14)5-12(18)16-6-10-11(7-16)13(10,2)3/h4,10-11,19H,5-7H2,1-3H3. The van der Waals surface area contributed by atoms with Gasteiger partial charge in [-0.1, -0.05) is 13.8 Å². The number of likely N-dealkylation sites (tertiary alicyclic amines) is 1. The fourth-order valence-corrected chi connectivity index (χ4v) is 5.06. The Hall–Kier alpha value is -0.160. The Morgan fingerprint density at radius 2 is 2.16 bits per heavy atom. The SMILES string of the molecule is Cc1cc(CC(=O)N2CC3C(C2)C3(C)C)n(PI)n1. The fraction of sp³-hybridized carbons (Fsp3) is 0.692. The Morgan fingerprint density at radius 3 is 2.74 bits per heavy atom. The van der Waals surface area contributed by atoms with E-state index in [1.807, 2.05) is 22.3 Å². The largest absolute Gasteiger partial charge is 0.342 e.